The van der Waals surface area contributed by atoms with Gasteiger partial charge in [-0.25, -0.2) is 0 Å². The summed E-state index contributed by atoms with van der Waals surface area (Å²) in [5.74, 6) is 2.40. The second-order valence-corrected chi connectivity index (χ2v) is 30.8. The van der Waals surface area contributed by atoms with Crippen LogP contribution in [0.1, 0.15) is 115 Å². The number of hydrogen-bond acceptors (Lipinski definition) is 12. The number of carbonyl (C=O) groups excluding carboxylic acids is 3. The molecule has 15 heteroatoms. The molecule has 3 aliphatic heterocycles. The summed E-state index contributed by atoms with van der Waals surface area (Å²) in [6, 6.07) is 71.9. The smallest absolute Gasteiger partial charge is 0.167 e. The van der Waals surface area contributed by atoms with Crippen molar-refractivity contribution >= 4 is 67.1 Å². The fourth-order valence-electron chi connectivity index (χ4n) is 16.1. The molecule has 0 radical (unpaired) electrons. The Hall–Kier alpha value is -10.2. The Balaban J connectivity index is 0.000000124. The van der Waals surface area contributed by atoms with Crippen LogP contribution in [0.2, 0.25) is 0 Å². The fraction of sp³-hybridized carbons (Fsp3) is 0.330. The number of hydrogen-bond donors (Lipinski definition) is 3. The maximum absolute atomic E-state index is 13.4. The maximum Gasteiger partial charge on any atom is 0.167 e. The Morgan fingerprint density at radius 2 is 0.752 bits per heavy atom. The molecule has 3 aromatic heterocycles. The molecule has 3 saturated carbocycles. The molecule has 6 heterocycles. The summed E-state index contributed by atoms with van der Waals surface area (Å²) in [6.45, 7) is 17.0. The molecule has 12 aromatic rings. The zero-order valence-corrected chi connectivity index (χ0v) is 62.7. The van der Waals surface area contributed by atoms with Gasteiger partial charge in [-0.1, -0.05) is 109 Å². The van der Waals surface area contributed by atoms with E-state index in [1.54, 1.807) is 0 Å². The summed E-state index contributed by atoms with van der Waals surface area (Å²) < 4.78 is 23.9. The summed E-state index contributed by atoms with van der Waals surface area (Å²) in [5.41, 5.74) is 40.2. The molecule has 6 aliphatic rings. The minimum absolute atomic E-state index is 0.0999. The minimum Gasteiger partial charge on any atom is -0.398 e. The number of aromatic nitrogens is 3. The van der Waals surface area contributed by atoms with Crippen molar-refractivity contribution in [2.45, 2.75) is 95.7 Å². The highest BCUT2D eigenvalue weighted by Crippen LogP contribution is 2.45. The number of ketones is 3. The van der Waals surface area contributed by atoms with Gasteiger partial charge in [0.25, 0.3) is 0 Å². The quantitative estimate of drug-likeness (QED) is 0.0364. The summed E-state index contributed by atoms with van der Waals surface area (Å²) in [5, 5.41) is 3.56. The molecule has 558 valence electrons. The predicted octanol–water partition coefficient (Wildman–Crippen LogP) is 16.7. The van der Waals surface area contributed by atoms with E-state index < -0.39 is 0 Å². The van der Waals surface area contributed by atoms with Crippen molar-refractivity contribution in [1.29, 1.82) is 0 Å². The van der Waals surface area contributed by atoms with Gasteiger partial charge in [-0.2, -0.15) is 0 Å². The van der Waals surface area contributed by atoms with Crippen LogP contribution in [0.3, 0.4) is 0 Å². The number of anilines is 3. The number of nitrogens with zero attached hydrogens (tertiary/aromatic N) is 6. The summed E-state index contributed by atoms with van der Waals surface area (Å²) >= 11 is 0. The highest BCUT2D eigenvalue weighted by atomic mass is 16.5. The highest BCUT2D eigenvalue weighted by Gasteiger charge is 2.31. The molecule has 0 unspecified atom stereocenters. The van der Waals surface area contributed by atoms with Crippen LogP contribution in [0.15, 0.2) is 219 Å². The highest BCUT2D eigenvalue weighted by molar-refractivity contribution is 6.04. The summed E-state index contributed by atoms with van der Waals surface area (Å²) in [7, 11) is 0. The van der Waals surface area contributed by atoms with Crippen molar-refractivity contribution in [2.24, 2.45) is 5.92 Å². The van der Waals surface area contributed by atoms with E-state index in [0.29, 0.717) is 48.2 Å². The number of ether oxygens (including phenoxy) is 3. The third-order valence-corrected chi connectivity index (χ3v) is 23.1. The third kappa shape index (κ3) is 17.9. The van der Waals surface area contributed by atoms with Gasteiger partial charge in [0.05, 0.1) is 39.6 Å². The topological polar surface area (TPSA) is 181 Å². The van der Waals surface area contributed by atoms with Crippen molar-refractivity contribution in [2.75, 3.05) is 116 Å². The van der Waals surface area contributed by atoms with E-state index in [1.165, 1.54) is 77.4 Å². The fourth-order valence-corrected chi connectivity index (χ4v) is 16.1. The Labute approximate surface area is 640 Å². The molecule has 3 saturated heterocycles. The van der Waals surface area contributed by atoms with Gasteiger partial charge in [0.2, 0.25) is 0 Å². The monoisotopic (exact) mass is 1450 g/mol. The molecule has 109 heavy (non-hydrogen) atoms. The molecule has 9 aromatic carbocycles. The molecular formula is C94H101N9O6. The first-order valence-electron chi connectivity index (χ1n) is 39.6. The number of rotatable bonds is 25. The van der Waals surface area contributed by atoms with Gasteiger partial charge in [0.15, 0.2) is 17.3 Å². The average molecular weight is 1450 g/mol. The van der Waals surface area contributed by atoms with Crippen molar-refractivity contribution < 1.29 is 28.6 Å². The number of nitrogens with two attached hydrogens (primary N) is 3. The van der Waals surface area contributed by atoms with Gasteiger partial charge in [-0.15, -0.1) is 0 Å². The van der Waals surface area contributed by atoms with E-state index in [1.807, 2.05) is 109 Å². The van der Waals surface area contributed by atoms with Crippen LogP contribution in [0, 0.1) is 5.92 Å². The molecule has 15 nitrogen and oxygen atoms in total. The normalized spacial score (nSPS) is 16.4. The van der Waals surface area contributed by atoms with E-state index in [2.05, 4.69) is 138 Å². The van der Waals surface area contributed by atoms with Crippen molar-refractivity contribution in [3.63, 3.8) is 0 Å². The second kappa shape index (κ2) is 33.7. The van der Waals surface area contributed by atoms with Gasteiger partial charge >= 0.3 is 0 Å². The number of Topliss-reactive ketones (excluding diaryl/α,β-unsaturated/α-hetero) is 3. The molecule has 3 aliphatic carbocycles. The van der Waals surface area contributed by atoms with E-state index in [4.69, 9.17) is 31.4 Å². The van der Waals surface area contributed by atoms with Gasteiger partial charge in [0, 0.05) is 182 Å². The van der Waals surface area contributed by atoms with Crippen LogP contribution in [0.4, 0.5) is 17.1 Å². The van der Waals surface area contributed by atoms with E-state index in [0.717, 1.165) is 208 Å². The van der Waals surface area contributed by atoms with Crippen LogP contribution < -0.4 is 17.2 Å². The Morgan fingerprint density at radius 3 is 1.18 bits per heavy atom. The average Bonchev–Trinajstić information content (AvgIpc) is 1.63. The first-order valence-corrected chi connectivity index (χ1v) is 39.6. The molecule has 0 amide bonds. The van der Waals surface area contributed by atoms with Gasteiger partial charge in [0.1, 0.15) is 0 Å². The molecule has 6 fully saturated rings. The van der Waals surface area contributed by atoms with E-state index in [-0.39, 0.29) is 17.3 Å². The van der Waals surface area contributed by atoms with Crippen molar-refractivity contribution in [1.82, 2.24) is 28.4 Å². The molecule has 0 bridgehead atoms. The largest absolute Gasteiger partial charge is 0.398 e. The first kappa shape index (κ1) is 72.9. The van der Waals surface area contributed by atoms with Crippen molar-refractivity contribution in [3.05, 3.63) is 269 Å². The van der Waals surface area contributed by atoms with Crippen molar-refractivity contribution in [3.8, 4) is 33.4 Å². The minimum atomic E-state index is 0.0999. The number of fused-ring (bicyclic) bond motifs is 3. The van der Waals surface area contributed by atoms with Crippen LogP contribution in [0.25, 0.3) is 66.1 Å². The standard InChI is InChI=1S/C32H35N3O2.2C31H33N3O2/c33-30-10-8-25(24-4-2-1-3-5-24)19-27(30)22-32(36)26-9-11-31-28(20-26)21-29(18-23-6-7-23)35(31)13-12-34-14-16-37-17-15-34;32-28-10-8-24(22-4-2-1-3-5-22)18-26(28)21-31(35)25-9-11-29-27(19-25)20-30(23-6-7-23)34(29)13-12-33-14-16-36-17-15-33;32-29-10-8-24(22-4-2-1-3-5-22)18-26(29)20-31(35)25-9-11-30-27(19-25)28(23-6-7-23)21-34(30)13-12-33-14-16-36-17-15-33/h1-5,8-11,19-21,23H,6-7,12-18,22,33H2;1-5,8-11,18-20,23H,6-7,12-17,21,32H2;1-5,8-11,18-19,21,23H,6-7,12-17,20,32H2. The second-order valence-electron chi connectivity index (χ2n) is 30.8. The van der Waals surface area contributed by atoms with Gasteiger partial charge in [-0.05, 0) is 221 Å². The van der Waals surface area contributed by atoms with Crippen LogP contribution >= 0.6 is 0 Å². The maximum atomic E-state index is 13.4. The van der Waals surface area contributed by atoms with Gasteiger partial charge in [-0.3, -0.25) is 29.1 Å². The number of benzene rings is 9. The van der Waals surface area contributed by atoms with Crippen LogP contribution in [0.5, 0.6) is 0 Å². The van der Waals surface area contributed by atoms with Gasteiger partial charge < -0.3 is 45.1 Å². The first-order chi connectivity index (χ1) is 53.4. The summed E-state index contributed by atoms with van der Waals surface area (Å²) in [4.78, 5) is 47.6. The molecule has 6 N–H and O–H groups in total. The number of carbonyl (C=O) groups is 3. The Kier molecular flexibility index (Phi) is 22.6. The number of nitrogen functional groups attached to an aromatic ring is 3. The van der Waals surface area contributed by atoms with Crippen LogP contribution in [-0.2, 0) is 59.5 Å². The zero-order valence-electron chi connectivity index (χ0n) is 62.7. The van der Waals surface area contributed by atoms with E-state index in [9.17, 15) is 14.4 Å². The summed E-state index contributed by atoms with van der Waals surface area (Å²) in [6.07, 6.45) is 12.0. The SMILES string of the molecule is Nc1ccc(-c2ccccc2)cc1CC(=O)c1ccc2c(c1)c(C1CC1)cn2CCN1CCOCC1.Nc1ccc(-c2ccccc2)cc1CC(=O)c1ccc2c(c1)cc(C1CC1)n2CCN1CCOCC1.Nc1ccc(-c2ccccc2)cc1CC(=O)c1ccc2c(c1)cc(CC1CC1)n2CCN1CCOCC1. The lowest BCUT2D eigenvalue weighted by atomic mass is 9.96. The molecular weight excluding hydrogens is 1350 g/mol. The Bertz CT molecular complexity index is 5180. The van der Waals surface area contributed by atoms with Crippen LogP contribution in [-0.4, -0.2) is 144 Å². The lowest BCUT2D eigenvalue weighted by Gasteiger charge is -2.27. The molecule has 0 atom stereocenters. The Morgan fingerprint density at radius 1 is 0.358 bits per heavy atom. The number of morpholine rings is 3. The lowest BCUT2D eigenvalue weighted by Crippen LogP contribution is -2.38. The predicted molar refractivity (Wildman–Crippen MR) is 441 cm³/mol. The molecule has 18 rings (SSSR count). The lowest BCUT2D eigenvalue weighted by molar-refractivity contribution is 0.0364. The zero-order chi connectivity index (χ0) is 74.2. The van der Waals surface area contributed by atoms with E-state index >= 15 is 0 Å². The third-order valence-electron chi connectivity index (χ3n) is 23.1. The molecule has 0 spiro atoms.